The molecule has 3 saturated heterocycles. The number of halogens is 1. The van der Waals surface area contributed by atoms with Crippen molar-refractivity contribution in [1.82, 2.24) is 4.90 Å². The van der Waals surface area contributed by atoms with E-state index in [1.165, 1.54) is 25.9 Å². The minimum Gasteiger partial charge on any atom is -0.496 e. The van der Waals surface area contributed by atoms with Crippen molar-refractivity contribution in [2.24, 2.45) is 11.7 Å². The van der Waals surface area contributed by atoms with Crippen LogP contribution in [0.3, 0.4) is 0 Å². The third kappa shape index (κ3) is 2.96. The topological polar surface area (TPSA) is 50.5 Å². The number of methoxy groups -OCH3 is 1. The van der Waals surface area contributed by atoms with E-state index < -0.39 is 0 Å². The van der Waals surface area contributed by atoms with E-state index in [4.69, 9.17) is 34.3 Å². The molecule has 2 bridgehead atoms. The van der Waals surface area contributed by atoms with Crippen LogP contribution in [0.2, 0.25) is 5.02 Å². The number of nitrogens with one attached hydrogen (secondary N) is 1. The van der Waals surface area contributed by atoms with E-state index in [-0.39, 0.29) is 0 Å². The summed E-state index contributed by atoms with van der Waals surface area (Å²) in [6.45, 7) is 3.53. The maximum atomic E-state index is 6.38. The Morgan fingerprint density at radius 2 is 2.14 bits per heavy atom. The summed E-state index contributed by atoms with van der Waals surface area (Å²) in [7, 11) is 1.61. The summed E-state index contributed by atoms with van der Waals surface area (Å²) in [5.74, 6) is 1.39. The van der Waals surface area contributed by atoms with Crippen LogP contribution in [-0.2, 0) is 0 Å². The molecule has 3 aliphatic heterocycles. The number of benzene rings is 1. The van der Waals surface area contributed by atoms with Gasteiger partial charge in [0.25, 0.3) is 0 Å². The summed E-state index contributed by atoms with van der Waals surface area (Å²) in [6.07, 6.45) is 2.52. The van der Waals surface area contributed by atoms with Crippen molar-refractivity contribution in [3.05, 3.63) is 22.7 Å². The molecule has 3 aliphatic rings. The van der Waals surface area contributed by atoms with Gasteiger partial charge < -0.3 is 20.7 Å². The highest BCUT2D eigenvalue weighted by Crippen LogP contribution is 2.35. The van der Waals surface area contributed by atoms with Gasteiger partial charge in [0, 0.05) is 18.7 Å². The molecule has 4 rings (SSSR count). The molecule has 4 nitrogen and oxygen atoms in total. The van der Waals surface area contributed by atoms with Crippen molar-refractivity contribution in [1.29, 1.82) is 0 Å². The molecule has 0 aliphatic carbocycles. The molecule has 3 N–H and O–H groups in total. The SMILES string of the molecule is COc1cc(NC2CN3CCC2CC3)c(Cl)cc1C(N)=S. The zero-order valence-corrected chi connectivity index (χ0v) is 13.6. The predicted molar refractivity (Wildman–Crippen MR) is 90.5 cm³/mol. The van der Waals surface area contributed by atoms with Gasteiger partial charge in [-0.3, -0.25) is 0 Å². The second-order valence-electron chi connectivity index (χ2n) is 5.79. The summed E-state index contributed by atoms with van der Waals surface area (Å²) in [5.41, 5.74) is 7.28. The summed E-state index contributed by atoms with van der Waals surface area (Å²) in [6, 6.07) is 4.13. The van der Waals surface area contributed by atoms with E-state index in [0.717, 1.165) is 18.2 Å². The lowest BCUT2D eigenvalue weighted by Gasteiger charge is -2.45. The molecule has 0 amide bonds. The van der Waals surface area contributed by atoms with Gasteiger partial charge in [-0.15, -0.1) is 0 Å². The van der Waals surface area contributed by atoms with Crippen LogP contribution in [-0.4, -0.2) is 42.7 Å². The highest BCUT2D eigenvalue weighted by molar-refractivity contribution is 7.80. The minimum atomic E-state index is 0.295. The van der Waals surface area contributed by atoms with Crippen molar-refractivity contribution in [2.75, 3.05) is 32.1 Å². The van der Waals surface area contributed by atoms with Crippen LogP contribution in [0.4, 0.5) is 5.69 Å². The van der Waals surface area contributed by atoms with Crippen molar-refractivity contribution < 1.29 is 4.74 Å². The van der Waals surface area contributed by atoms with Crippen molar-refractivity contribution in [3.63, 3.8) is 0 Å². The molecule has 0 radical (unpaired) electrons. The number of nitrogens with zero attached hydrogens (tertiary/aromatic N) is 1. The molecule has 3 fully saturated rings. The van der Waals surface area contributed by atoms with Crippen LogP contribution in [0.15, 0.2) is 12.1 Å². The Morgan fingerprint density at radius 1 is 1.43 bits per heavy atom. The van der Waals surface area contributed by atoms with Crippen LogP contribution in [0.25, 0.3) is 0 Å². The Hall–Kier alpha value is -1.04. The number of anilines is 1. The van der Waals surface area contributed by atoms with Crippen LogP contribution in [0, 0.1) is 5.92 Å². The van der Waals surface area contributed by atoms with Gasteiger partial charge in [-0.05, 0) is 37.9 Å². The fraction of sp³-hybridized carbons (Fsp3) is 0.533. The van der Waals surface area contributed by atoms with Gasteiger partial charge in [0.2, 0.25) is 0 Å². The van der Waals surface area contributed by atoms with E-state index in [9.17, 15) is 0 Å². The third-order valence-electron chi connectivity index (χ3n) is 4.55. The van der Waals surface area contributed by atoms with Crippen molar-refractivity contribution in [3.8, 4) is 5.75 Å². The zero-order valence-electron chi connectivity index (χ0n) is 12.1. The monoisotopic (exact) mass is 325 g/mol. The second-order valence-corrected chi connectivity index (χ2v) is 6.63. The Kier molecular flexibility index (Phi) is 4.24. The van der Waals surface area contributed by atoms with E-state index >= 15 is 0 Å². The quantitative estimate of drug-likeness (QED) is 0.833. The minimum absolute atomic E-state index is 0.295. The highest BCUT2D eigenvalue weighted by atomic mass is 35.5. The summed E-state index contributed by atoms with van der Waals surface area (Å²) < 4.78 is 5.38. The standard InChI is InChI=1S/C15H20ClN3OS/c1-20-14-7-12(11(16)6-10(14)15(17)21)18-13-8-19-4-2-9(13)3-5-19/h6-7,9,13,18H,2-5,8H2,1H3,(H2,17,21). The van der Waals surface area contributed by atoms with Crippen LogP contribution < -0.4 is 15.8 Å². The Bertz CT molecular complexity index is 558. The Balaban J connectivity index is 1.84. The normalized spacial score (nSPS) is 27.4. The Morgan fingerprint density at radius 3 is 2.67 bits per heavy atom. The lowest BCUT2D eigenvalue weighted by Crippen LogP contribution is -2.53. The number of thiocarbonyl (C=S) groups is 1. The molecule has 3 heterocycles. The first-order valence-corrected chi connectivity index (χ1v) is 8.03. The smallest absolute Gasteiger partial charge is 0.131 e. The molecular weight excluding hydrogens is 306 g/mol. The average molecular weight is 326 g/mol. The first kappa shape index (κ1) is 14.9. The van der Waals surface area contributed by atoms with Gasteiger partial charge in [-0.2, -0.15) is 0 Å². The molecule has 0 aromatic heterocycles. The summed E-state index contributed by atoms with van der Waals surface area (Å²) >= 11 is 11.4. The van der Waals surface area contributed by atoms with Gasteiger partial charge in [0.05, 0.1) is 23.4 Å². The number of ether oxygens (including phenoxy) is 1. The molecule has 114 valence electrons. The van der Waals surface area contributed by atoms with Crippen LogP contribution >= 0.6 is 23.8 Å². The zero-order chi connectivity index (χ0) is 15.0. The lowest BCUT2D eigenvalue weighted by atomic mass is 9.84. The molecule has 1 aromatic rings. The molecule has 1 unspecified atom stereocenters. The van der Waals surface area contributed by atoms with Gasteiger partial charge in [-0.25, -0.2) is 0 Å². The molecule has 0 saturated carbocycles. The molecule has 1 atom stereocenters. The van der Waals surface area contributed by atoms with Crippen molar-refractivity contribution >= 4 is 34.5 Å². The predicted octanol–water partition coefficient (Wildman–Crippen LogP) is 2.49. The van der Waals surface area contributed by atoms with E-state index in [2.05, 4.69) is 10.2 Å². The first-order valence-electron chi connectivity index (χ1n) is 7.24. The lowest BCUT2D eigenvalue weighted by molar-refractivity contribution is 0.0975. The molecule has 1 aromatic carbocycles. The highest BCUT2D eigenvalue weighted by Gasteiger charge is 2.34. The van der Waals surface area contributed by atoms with Gasteiger partial charge >= 0.3 is 0 Å². The number of piperidine rings is 3. The second kappa shape index (κ2) is 5.99. The number of hydrogen-bond acceptors (Lipinski definition) is 4. The maximum absolute atomic E-state index is 6.38. The van der Waals surface area contributed by atoms with E-state index in [1.807, 2.05) is 6.07 Å². The summed E-state index contributed by atoms with van der Waals surface area (Å²) in [4.78, 5) is 2.80. The van der Waals surface area contributed by atoms with Gasteiger partial charge in [-0.1, -0.05) is 23.8 Å². The molecule has 21 heavy (non-hydrogen) atoms. The fourth-order valence-electron chi connectivity index (χ4n) is 3.35. The molecule has 0 spiro atoms. The molecular formula is C15H20ClN3OS. The molecule has 6 heteroatoms. The number of rotatable bonds is 4. The Labute approximate surface area is 135 Å². The average Bonchev–Trinajstić information content (AvgIpc) is 2.50. The number of hydrogen-bond donors (Lipinski definition) is 2. The van der Waals surface area contributed by atoms with Gasteiger partial charge in [0.1, 0.15) is 10.7 Å². The maximum Gasteiger partial charge on any atom is 0.131 e. The van der Waals surface area contributed by atoms with Gasteiger partial charge in [0.15, 0.2) is 0 Å². The third-order valence-corrected chi connectivity index (χ3v) is 5.08. The van der Waals surface area contributed by atoms with Crippen molar-refractivity contribution in [2.45, 2.75) is 18.9 Å². The first-order chi connectivity index (χ1) is 10.1. The van der Waals surface area contributed by atoms with E-state index in [0.29, 0.717) is 27.4 Å². The number of nitrogens with two attached hydrogens (primary N) is 1. The largest absolute Gasteiger partial charge is 0.496 e. The summed E-state index contributed by atoms with van der Waals surface area (Å²) in [5, 5.41) is 4.22. The van der Waals surface area contributed by atoms with E-state index in [1.54, 1.807) is 13.2 Å². The van der Waals surface area contributed by atoms with Crippen LogP contribution in [0.1, 0.15) is 18.4 Å². The fourth-order valence-corrected chi connectivity index (χ4v) is 3.73. The van der Waals surface area contributed by atoms with Crippen LogP contribution in [0.5, 0.6) is 5.75 Å². The number of fused-ring (bicyclic) bond motifs is 3.